The van der Waals surface area contributed by atoms with E-state index < -0.39 is 36.0 Å². The molecule has 1 amide bonds. The number of hydrogen-bond acceptors (Lipinski definition) is 8. The molecule has 4 rings (SSSR count). The molecule has 9 heteroatoms. The van der Waals surface area contributed by atoms with Crippen LogP contribution in [0, 0.1) is 6.92 Å². The van der Waals surface area contributed by atoms with E-state index in [4.69, 9.17) is 28.4 Å². The van der Waals surface area contributed by atoms with Crippen LogP contribution >= 0.6 is 0 Å². The standard InChI is InChI=1S/C31H50N2O7/c1-5-6-7-8-9-10-11-12-19-36-23-31-28(39-30(3,4)40-31)27(26(38-31)22-33-17-20-35-21-18-33)37-29(34)32-25-15-13-24(2)14-16-25/h13-16,26-28H,5-12,17-23H2,1-4H3,(H,32,34)/t26-,27+,28-,31-/m0/s1. The Bertz CT molecular complexity index is 905. The number of morpholine rings is 1. The Morgan fingerprint density at radius 2 is 1.68 bits per heavy atom. The first-order valence-corrected chi connectivity index (χ1v) is 15.3. The van der Waals surface area contributed by atoms with Gasteiger partial charge in [0.2, 0.25) is 5.79 Å². The normalized spacial score (nSPS) is 27.9. The van der Waals surface area contributed by atoms with Gasteiger partial charge in [0.15, 0.2) is 18.0 Å². The maximum absolute atomic E-state index is 13.0. The average molecular weight is 563 g/mol. The van der Waals surface area contributed by atoms with Gasteiger partial charge in [-0.3, -0.25) is 10.2 Å². The molecular formula is C31H50N2O7. The third-order valence-electron chi connectivity index (χ3n) is 7.81. The molecule has 226 valence electrons. The molecule has 0 bridgehead atoms. The van der Waals surface area contributed by atoms with E-state index in [1.54, 1.807) is 0 Å². The molecule has 1 aromatic rings. The number of carbonyl (C=O) groups excluding carboxylic acids is 1. The maximum Gasteiger partial charge on any atom is 0.412 e. The highest BCUT2D eigenvalue weighted by Gasteiger charge is 2.66. The van der Waals surface area contributed by atoms with Crippen LogP contribution in [-0.2, 0) is 28.4 Å². The number of carbonyl (C=O) groups is 1. The minimum Gasteiger partial charge on any atom is -0.440 e. The Balaban J connectivity index is 1.37. The lowest BCUT2D eigenvalue weighted by atomic mass is 10.0. The summed E-state index contributed by atoms with van der Waals surface area (Å²) in [6, 6.07) is 7.60. The van der Waals surface area contributed by atoms with E-state index in [9.17, 15) is 4.79 Å². The van der Waals surface area contributed by atoms with E-state index in [1.165, 1.54) is 38.5 Å². The van der Waals surface area contributed by atoms with Crippen molar-refractivity contribution in [3.63, 3.8) is 0 Å². The molecule has 3 fully saturated rings. The lowest BCUT2D eigenvalue weighted by molar-refractivity contribution is -0.279. The summed E-state index contributed by atoms with van der Waals surface area (Å²) in [5, 5.41) is 2.84. The summed E-state index contributed by atoms with van der Waals surface area (Å²) in [6.07, 6.45) is 7.65. The van der Waals surface area contributed by atoms with Crippen molar-refractivity contribution in [1.82, 2.24) is 4.90 Å². The predicted octanol–water partition coefficient (Wildman–Crippen LogP) is 5.65. The molecule has 3 aliphatic rings. The summed E-state index contributed by atoms with van der Waals surface area (Å²) >= 11 is 0. The third kappa shape index (κ3) is 8.87. The van der Waals surface area contributed by atoms with Crippen LogP contribution in [0.4, 0.5) is 10.5 Å². The average Bonchev–Trinajstić information content (AvgIpc) is 3.33. The number of unbranched alkanes of at least 4 members (excludes halogenated alkanes) is 7. The smallest absolute Gasteiger partial charge is 0.412 e. The molecule has 9 nitrogen and oxygen atoms in total. The Kier molecular flexibility index (Phi) is 11.6. The van der Waals surface area contributed by atoms with Crippen LogP contribution in [0.15, 0.2) is 24.3 Å². The second kappa shape index (κ2) is 14.9. The van der Waals surface area contributed by atoms with Gasteiger partial charge in [0.1, 0.15) is 12.7 Å². The fraction of sp³-hybridized carbons (Fsp3) is 0.774. The molecule has 1 N–H and O–H groups in total. The summed E-state index contributed by atoms with van der Waals surface area (Å²) in [7, 11) is 0. The molecule has 0 radical (unpaired) electrons. The molecule has 0 saturated carbocycles. The first kappa shape index (κ1) is 31.2. The minimum absolute atomic E-state index is 0.219. The highest BCUT2D eigenvalue weighted by Crippen LogP contribution is 2.47. The van der Waals surface area contributed by atoms with Crippen molar-refractivity contribution in [3.8, 4) is 0 Å². The van der Waals surface area contributed by atoms with Gasteiger partial charge in [-0.2, -0.15) is 0 Å². The molecule has 0 spiro atoms. The number of fused-ring (bicyclic) bond motifs is 1. The fourth-order valence-corrected chi connectivity index (χ4v) is 5.74. The van der Waals surface area contributed by atoms with Crippen LogP contribution < -0.4 is 5.32 Å². The van der Waals surface area contributed by atoms with Crippen LogP contribution in [0.25, 0.3) is 0 Å². The summed E-state index contributed by atoms with van der Waals surface area (Å²) in [6.45, 7) is 12.3. The van der Waals surface area contributed by atoms with Crippen molar-refractivity contribution in [2.45, 2.75) is 109 Å². The van der Waals surface area contributed by atoms with E-state index in [1.807, 2.05) is 45.0 Å². The molecule has 1 aromatic carbocycles. The molecule has 0 aromatic heterocycles. The van der Waals surface area contributed by atoms with Crippen LogP contribution in [0.2, 0.25) is 0 Å². The zero-order valence-corrected chi connectivity index (χ0v) is 25.0. The third-order valence-corrected chi connectivity index (χ3v) is 7.81. The summed E-state index contributed by atoms with van der Waals surface area (Å²) in [5.74, 6) is -2.04. The fourth-order valence-electron chi connectivity index (χ4n) is 5.74. The van der Waals surface area contributed by atoms with Gasteiger partial charge in [0.05, 0.1) is 13.2 Å². The SMILES string of the molecule is CCCCCCCCCCOC[C@@]12O[C@@H](CN3CCOCC3)[C@@H](OC(=O)Nc3ccc(C)cc3)[C@@H]1OC(C)(C)O2. The van der Waals surface area contributed by atoms with Crippen molar-refractivity contribution in [2.75, 3.05) is 51.4 Å². The van der Waals surface area contributed by atoms with Gasteiger partial charge in [-0.15, -0.1) is 0 Å². The zero-order valence-electron chi connectivity index (χ0n) is 25.0. The Morgan fingerprint density at radius 3 is 2.38 bits per heavy atom. The molecule has 0 aliphatic carbocycles. The van der Waals surface area contributed by atoms with Gasteiger partial charge in [0, 0.05) is 31.9 Å². The second-order valence-electron chi connectivity index (χ2n) is 11.8. The summed E-state index contributed by atoms with van der Waals surface area (Å²) < 4.78 is 37.0. The summed E-state index contributed by atoms with van der Waals surface area (Å²) in [4.78, 5) is 15.3. The first-order chi connectivity index (χ1) is 19.3. The van der Waals surface area contributed by atoms with E-state index in [0.717, 1.165) is 31.5 Å². The zero-order chi connectivity index (χ0) is 28.4. The molecule has 0 unspecified atom stereocenters. The lowest BCUT2D eigenvalue weighted by Gasteiger charge is -2.33. The summed E-state index contributed by atoms with van der Waals surface area (Å²) in [5.41, 5.74) is 1.78. The van der Waals surface area contributed by atoms with Gasteiger partial charge < -0.3 is 28.4 Å². The number of anilines is 1. The van der Waals surface area contributed by atoms with E-state index in [2.05, 4.69) is 17.1 Å². The quantitative estimate of drug-likeness (QED) is 0.275. The highest BCUT2D eigenvalue weighted by atomic mass is 16.9. The van der Waals surface area contributed by atoms with Gasteiger partial charge in [-0.05, 0) is 39.3 Å². The number of nitrogens with zero attached hydrogens (tertiary/aromatic N) is 1. The van der Waals surface area contributed by atoms with Crippen molar-refractivity contribution >= 4 is 11.8 Å². The van der Waals surface area contributed by atoms with Gasteiger partial charge >= 0.3 is 6.09 Å². The number of amides is 1. The number of benzene rings is 1. The molecule has 3 heterocycles. The number of nitrogens with one attached hydrogen (secondary N) is 1. The molecule has 40 heavy (non-hydrogen) atoms. The Morgan fingerprint density at radius 1 is 1.00 bits per heavy atom. The number of rotatable bonds is 15. The van der Waals surface area contributed by atoms with Crippen LogP contribution in [0.1, 0.15) is 77.7 Å². The van der Waals surface area contributed by atoms with Crippen molar-refractivity contribution in [1.29, 1.82) is 0 Å². The van der Waals surface area contributed by atoms with Crippen LogP contribution in [0.5, 0.6) is 0 Å². The first-order valence-electron chi connectivity index (χ1n) is 15.3. The van der Waals surface area contributed by atoms with Gasteiger partial charge in [-0.25, -0.2) is 4.79 Å². The van der Waals surface area contributed by atoms with Crippen LogP contribution in [-0.4, -0.2) is 86.9 Å². The monoisotopic (exact) mass is 562 g/mol. The molecule has 4 atom stereocenters. The number of ether oxygens (including phenoxy) is 6. The number of hydrogen-bond donors (Lipinski definition) is 1. The molecular weight excluding hydrogens is 512 g/mol. The van der Waals surface area contributed by atoms with Gasteiger partial charge in [0.25, 0.3) is 0 Å². The van der Waals surface area contributed by atoms with E-state index in [-0.39, 0.29) is 6.61 Å². The maximum atomic E-state index is 13.0. The second-order valence-corrected chi connectivity index (χ2v) is 11.8. The predicted molar refractivity (Wildman–Crippen MR) is 153 cm³/mol. The number of aryl methyl sites for hydroxylation is 1. The van der Waals surface area contributed by atoms with Crippen molar-refractivity contribution in [2.24, 2.45) is 0 Å². The lowest BCUT2D eigenvalue weighted by Crippen LogP contribution is -2.47. The Labute approximate surface area is 240 Å². The minimum atomic E-state index is -1.14. The van der Waals surface area contributed by atoms with Crippen molar-refractivity contribution in [3.05, 3.63) is 29.8 Å². The molecule has 3 saturated heterocycles. The molecule has 3 aliphatic heterocycles. The highest BCUT2D eigenvalue weighted by molar-refractivity contribution is 5.84. The van der Waals surface area contributed by atoms with Crippen LogP contribution in [0.3, 0.4) is 0 Å². The Hall–Kier alpha value is -1.75. The largest absolute Gasteiger partial charge is 0.440 e. The topological polar surface area (TPSA) is 87.7 Å². The van der Waals surface area contributed by atoms with Crippen molar-refractivity contribution < 1.29 is 33.2 Å². The van der Waals surface area contributed by atoms with E-state index >= 15 is 0 Å². The van der Waals surface area contributed by atoms with E-state index in [0.29, 0.717) is 32.1 Å². The van der Waals surface area contributed by atoms with Gasteiger partial charge in [-0.1, -0.05) is 69.6 Å².